The van der Waals surface area contributed by atoms with E-state index in [-0.39, 0.29) is 6.09 Å². The molecule has 2 aromatic heterocycles. The molecule has 0 bridgehead atoms. The van der Waals surface area contributed by atoms with Crippen molar-refractivity contribution < 1.29 is 14.6 Å². The molecule has 9 heteroatoms. The Balaban J connectivity index is 1.59. The summed E-state index contributed by atoms with van der Waals surface area (Å²) < 4.78 is 5.61. The first kappa shape index (κ1) is 23.2. The Kier molecular flexibility index (Phi) is 6.67. The maximum absolute atomic E-state index is 12.5. The Morgan fingerprint density at radius 1 is 1.12 bits per heavy atom. The standard InChI is InChI=1S/C24H28ClN5O3/c1-15(33-23(31)30-9-5-4-6-10-30)29-21-18-11-16(7-8-20(18)26-14-19(21)25)17-12-27-22(28-13-17)24(2,3)32/h7-8,11-15,32H,4-6,9-10H2,1-3H3,(H,26,29)/t15-/m0/s1. The number of aromatic nitrogens is 3. The normalized spacial score (nSPS) is 15.4. The fraction of sp³-hybridized carbons (Fsp3) is 0.417. The van der Waals surface area contributed by atoms with Crippen molar-refractivity contribution in [3.8, 4) is 11.1 Å². The second kappa shape index (κ2) is 9.49. The van der Waals surface area contributed by atoms with Crippen molar-refractivity contribution >= 4 is 34.3 Å². The molecule has 174 valence electrons. The lowest BCUT2D eigenvalue weighted by Gasteiger charge is -2.28. The lowest BCUT2D eigenvalue weighted by Crippen LogP contribution is -2.39. The predicted octanol–water partition coefficient (Wildman–Crippen LogP) is 4.95. The van der Waals surface area contributed by atoms with Crippen LogP contribution in [-0.4, -0.2) is 50.4 Å². The van der Waals surface area contributed by atoms with Crippen LogP contribution in [0, 0.1) is 0 Å². The number of amides is 1. The molecule has 1 saturated heterocycles. The first-order chi connectivity index (χ1) is 15.7. The third-order valence-electron chi connectivity index (χ3n) is 5.59. The summed E-state index contributed by atoms with van der Waals surface area (Å²) >= 11 is 6.47. The van der Waals surface area contributed by atoms with Gasteiger partial charge in [-0.05, 0) is 57.7 Å². The van der Waals surface area contributed by atoms with Crippen LogP contribution in [0.1, 0.15) is 45.9 Å². The zero-order valence-electron chi connectivity index (χ0n) is 19.0. The van der Waals surface area contributed by atoms with Gasteiger partial charge in [-0.1, -0.05) is 17.7 Å². The number of carbonyl (C=O) groups excluding carboxylic acids is 1. The lowest BCUT2D eigenvalue weighted by atomic mass is 10.0. The summed E-state index contributed by atoms with van der Waals surface area (Å²) in [6.45, 7) is 6.51. The van der Waals surface area contributed by atoms with Gasteiger partial charge in [0, 0.05) is 42.6 Å². The summed E-state index contributed by atoms with van der Waals surface area (Å²) in [7, 11) is 0. The van der Waals surface area contributed by atoms with Gasteiger partial charge < -0.3 is 20.1 Å². The number of nitrogens with one attached hydrogen (secondary N) is 1. The highest BCUT2D eigenvalue weighted by Gasteiger charge is 2.21. The van der Waals surface area contributed by atoms with Crippen molar-refractivity contribution in [1.82, 2.24) is 19.9 Å². The average Bonchev–Trinajstić information content (AvgIpc) is 2.80. The van der Waals surface area contributed by atoms with Gasteiger partial charge in [-0.2, -0.15) is 0 Å². The van der Waals surface area contributed by atoms with Crippen molar-refractivity contribution in [2.24, 2.45) is 0 Å². The fourth-order valence-corrected chi connectivity index (χ4v) is 4.03. The highest BCUT2D eigenvalue weighted by molar-refractivity contribution is 6.34. The third-order valence-corrected chi connectivity index (χ3v) is 5.88. The van der Waals surface area contributed by atoms with E-state index >= 15 is 0 Å². The minimum atomic E-state index is -1.11. The Morgan fingerprint density at radius 2 is 1.82 bits per heavy atom. The van der Waals surface area contributed by atoms with Gasteiger partial charge >= 0.3 is 6.09 Å². The van der Waals surface area contributed by atoms with E-state index in [1.807, 2.05) is 18.2 Å². The Labute approximate surface area is 198 Å². The van der Waals surface area contributed by atoms with Crippen LogP contribution in [0.2, 0.25) is 5.02 Å². The summed E-state index contributed by atoms with van der Waals surface area (Å²) in [4.78, 5) is 27.2. The van der Waals surface area contributed by atoms with E-state index in [1.165, 1.54) is 0 Å². The summed E-state index contributed by atoms with van der Waals surface area (Å²) in [6.07, 6.45) is 7.17. The van der Waals surface area contributed by atoms with Gasteiger partial charge in [0.15, 0.2) is 12.1 Å². The van der Waals surface area contributed by atoms with Gasteiger partial charge in [0.2, 0.25) is 0 Å². The molecule has 0 unspecified atom stereocenters. The molecule has 3 aromatic rings. The van der Waals surface area contributed by atoms with Crippen molar-refractivity contribution in [1.29, 1.82) is 0 Å². The molecule has 8 nitrogen and oxygen atoms in total. The quantitative estimate of drug-likeness (QED) is 0.509. The molecular weight excluding hydrogens is 442 g/mol. The van der Waals surface area contributed by atoms with Crippen LogP contribution in [0.5, 0.6) is 0 Å². The molecule has 1 amide bonds. The molecule has 2 N–H and O–H groups in total. The first-order valence-corrected chi connectivity index (χ1v) is 11.5. The van der Waals surface area contributed by atoms with E-state index in [1.54, 1.807) is 44.3 Å². The molecule has 0 spiro atoms. The van der Waals surface area contributed by atoms with E-state index in [0.717, 1.165) is 54.4 Å². The summed E-state index contributed by atoms with van der Waals surface area (Å²) in [5.41, 5.74) is 1.93. The van der Waals surface area contributed by atoms with Crippen LogP contribution in [0.25, 0.3) is 22.0 Å². The lowest BCUT2D eigenvalue weighted by molar-refractivity contribution is 0.0686. The zero-order chi connectivity index (χ0) is 23.6. The smallest absolute Gasteiger partial charge is 0.411 e. The average molecular weight is 470 g/mol. The van der Waals surface area contributed by atoms with E-state index in [2.05, 4.69) is 20.3 Å². The monoisotopic (exact) mass is 469 g/mol. The minimum absolute atomic E-state index is 0.325. The summed E-state index contributed by atoms with van der Waals surface area (Å²) in [5, 5.41) is 14.5. The van der Waals surface area contributed by atoms with Crippen LogP contribution in [0.4, 0.5) is 10.5 Å². The van der Waals surface area contributed by atoms with Crippen molar-refractivity contribution in [2.75, 3.05) is 18.4 Å². The molecule has 1 atom stereocenters. The highest BCUT2D eigenvalue weighted by Crippen LogP contribution is 2.33. The number of carbonyl (C=O) groups is 1. The SMILES string of the molecule is C[C@@H](Nc1c(Cl)cnc2ccc(-c3cnc(C(C)(C)O)nc3)cc12)OC(=O)N1CCCCC1. The van der Waals surface area contributed by atoms with Gasteiger partial charge in [-0.15, -0.1) is 0 Å². The number of likely N-dealkylation sites (tertiary alicyclic amines) is 1. The Hall–Kier alpha value is -2.97. The summed E-state index contributed by atoms with van der Waals surface area (Å²) in [5.74, 6) is 0.350. The molecule has 1 aliphatic heterocycles. The largest absolute Gasteiger partial charge is 0.426 e. The first-order valence-electron chi connectivity index (χ1n) is 11.1. The predicted molar refractivity (Wildman–Crippen MR) is 128 cm³/mol. The van der Waals surface area contributed by atoms with Crippen molar-refractivity contribution in [3.63, 3.8) is 0 Å². The zero-order valence-corrected chi connectivity index (χ0v) is 19.8. The number of nitrogens with zero attached hydrogens (tertiary/aromatic N) is 4. The highest BCUT2D eigenvalue weighted by atomic mass is 35.5. The number of benzene rings is 1. The molecule has 3 heterocycles. The number of halogens is 1. The third kappa shape index (κ3) is 5.34. The molecule has 33 heavy (non-hydrogen) atoms. The van der Waals surface area contributed by atoms with Crippen molar-refractivity contribution in [2.45, 2.75) is 51.9 Å². The van der Waals surface area contributed by atoms with Crippen molar-refractivity contribution in [3.05, 3.63) is 47.6 Å². The van der Waals surface area contributed by atoms with Crippen LogP contribution in [0.15, 0.2) is 36.8 Å². The molecule has 0 radical (unpaired) electrons. The van der Waals surface area contributed by atoms with Crippen LogP contribution in [0.3, 0.4) is 0 Å². The molecule has 0 saturated carbocycles. The Bertz CT molecular complexity index is 1140. The summed E-state index contributed by atoms with van der Waals surface area (Å²) in [6, 6.07) is 5.76. The van der Waals surface area contributed by atoms with Crippen LogP contribution < -0.4 is 5.32 Å². The number of fused-ring (bicyclic) bond motifs is 1. The van der Waals surface area contributed by atoms with E-state index in [0.29, 0.717) is 16.5 Å². The van der Waals surface area contributed by atoms with E-state index in [4.69, 9.17) is 16.3 Å². The molecular formula is C24H28ClN5O3. The van der Waals surface area contributed by atoms with Gasteiger partial charge in [0.25, 0.3) is 0 Å². The van der Waals surface area contributed by atoms with Gasteiger partial charge in [-0.3, -0.25) is 4.98 Å². The maximum Gasteiger partial charge on any atom is 0.411 e. The topological polar surface area (TPSA) is 100 Å². The number of hydrogen-bond donors (Lipinski definition) is 2. The van der Waals surface area contributed by atoms with Crippen LogP contribution >= 0.6 is 11.6 Å². The second-order valence-corrected chi connectivity index (χ2v) is 9.19. The van der Waals surface area contributed by atoms with E-state index in [9.17, 15) is 9.90 Å². The number of aliphatic hydroxyl groups is 1. The number of ether oxygens (including phenoxy) is 1. The number of pyridine rings is 1. The fourth-order valence-electron chi connectivity index (χ4n) is 3.82. The second-order valence-electron chi connectivity index (χ2n) is 8.79. The van der Waals surface area contributed by atoms with Gasteiger partial charge in [0.05, 0.1) is 16.2 Å². The van der Waals surface area contributed by atoms with Gasteiger partial charge in [0.1, 0.15) is 5.60 Å². The molecule has 0 aliphatic carbocycles. The number of rotatable bonds is 5. The Morgan fingerprint density at radius 3 is 2.48 bits per heavy atom. The van der Waals surface area contributed by atoms with E-state index < -0.39 is 11.8 Å². The number of anilines is 1. The maximum atomic E-state index is 12.5. The molecule has 4 rings (SSSR count). The number of hydrogen-bond acceptors (Lipinski definition) is 7. The minimum Gasteiger partial charge on any atom is -0.426 e. The molecule has 1 fully saturated rings. The van der Waals surface area contributed by atoms with Crippen LogP contribution in [-0.2, 0) is 10.3 Å². The molecule has 1 aromatic carbocycles. The number of piperidine rings is 1. The van der Waals surface area contributed by atoms with Gasteiger partial charge in [-0.25, -0.2) is 14.8 Å². The molecule has 1 aliphatic rings.